The number of hydrogen-bond donors (Lipinski definition) is 2. The van der Waals surface area contributed by atoms with Gasteiger partial charge in [0.15, 0.2) is 0 Å². The third kappa shape index (κ3) is 4.94. The topological polar surface area (TPSA) is 59.0 Å². The zero-order valence-corrected chi connectivity index (χ0v) is 16.0. The number of amides is 1. The standard InChI is InChI=1S/C17H18ClF3N4O.ClH/c1-10-8-15(23-16(26)11-4-6-22-7-5-11)25(24-10)14-9-12(17(19,20)21)2-3-13(14)18;/h2-3,8-9,11,22H,4-7H2,1H3,(H,23,26);1H. The van der Waals surface area contributed by atoms with Crippen LogP contribution in [-0.2, 0) is 11.0 Å². The first-order chi connectivity index (χ1) is 12.3. The molecule has 148 valence electrons. The minimum absolute atomic E-state index is 0. The molecule has 0 bridgehead atoms. The van der Waals surface area contributed by atoms with Gasteiger partial charge in [-0.3, -0.25) is 4.79 Å². The number of alkyl halides is 3. The van der Waals surface area contributed by atoms with E-state index in [1.807, 2.05) is 0 Å². The molecule has 0 saturated carbocycles. The van der Waals surface area contributed by atoms with Crippen LogP contribution >= 0.6 is 24.0 Å². The van der Waals surface area contributed by atoms with E-state index in [0.717, 1.165) is 25.2 Å². The number of nitrogens with one attached hydrogen (secondary N) is 2. The second kappa shape index (κ2) is 8.50. The molecule has 1 aliphatic rings. The van der Waals surface area contributed by atoms with Gasteiger partial charge in [-0.05, 0) is 51.1 Å². The molecule has 27 heavy (non-hydrogen) atoms. The van der Waals surface area contributed by atoms with Crippen molar-refractivity contribution in [1.29, 1.82) is 0 Å². The molecule has 0 atom stereocenters. The largest absolute Gasteiger partial charge is 0.416 e. The Morgan fingerprint density at radius 1 is 1.30 bits per heavy atom. The highest BCUT2D eigenvalue weighted by Gasteiger charge is 2.31. The van der Waals surface area contributed by atoms with Gasteiger partial charge in [0, 0.05) is 12.0 Å². The number of carbonyl (C=O) groups is 1. The van der Waals surface area contributed by atoms with E-state index < -0.39 is 11.7 Å². The van der Waals surface area contributed by atoms with E-state index in [2.05, 4.69) is 15.7 Å². The van der Waals surface area contributed by atoms with Gasteiger partial charge < -0.3 is 10.6 Å². The summed E-state index contributed by atoms with van der Waals surface area (Å²) in [6.45, 7) is 3.21. The summed E-state index contributed by atoms with van der Waals surface area (Å²) in [5.41, 5.74) is -0.213. The van der Waals surface area contributed by atoms with Crippen molar-refractivity contribution in [2.75, 3.05) is 18.4 Å². The maximum Gasteiger partial charge on any atom is 0.416 e. The van der Waals surface area contributed by atoms with E-state index in [-0.39, 0.29) is 34.9 Å². The molecule has 0 aliphatic carbocycles. The fourth-order valence-corrected chi connectivity index (χ4v) is 3.13. The summed E-state index contributed by atoms with van der Waals surface area (Å²) in [4.78, 5) is 12.5. The third-order valence-electron chi connectivity index (χ3n) is 4.29. The molecular weight excluding hydrogens is 404 g/mol. The third-order valence-corrected chi connectivity index (χ3v) is 4.61. The molecule has 2 heterocycles. The Balaban J connectivity index is 0.00000261. The van der Waals surface area contributed by atoms with Gasteiger partial charge in [-0.25, -0.2) is 4.68 Å². The lowest BCUT2D eigenvalue weighted by atomic mass is 9.97. The second-order valence-electron chi connectivity index (χ2n) is 6.26. The van der Waals surface area contributed by atoms with Crippen molar-refractivity contribution < 1.29 is 18.0 Å². The molecule has 0 radical (unpaired) electrons. The lowest BCUT2D eigenvalue weighted by molar-refractivity contribution is -0.137. The highest BCUT2D eigenvalue weighted by molar-refractivity contribution is 6.32. The maximum absolute atomic E-state index is 13.0. The van der Waals surface area contributed by atoms with Crippen LogP contribution in [0.25, 0.3) is 5.69 Å². The van der Waals surface area contributed by atoms with E-state index >= 15 is 0 Å². The summed E-state index contributed by atoms with van der Waals surface area (Å²) in [7, 11) is 0. The Labute approximate surface area is 165 Å². The molecule has 2 N–H and O–H groups in total. The molecule has 1 saturated heterocycles. The number of nitrogens with zero attached hydrogens (tertiary/aromatic N) is 2. The number of piperidine rings is 1. The average Bonchev–Trinajstić information content (AvgIpc) is 2.95. The van der Waals surface area contributed by atoms with Gasteiger partial charge in [0.05, 0.1) is 22.0 Å². The Bertz CT molecular complexity index is 817. The van der Waals surface area contributed by atoms with Gasteiger partial charge >= 0.3 is 6.18 Å². The SMILES string of the molecule is Cc1cc(NC(=O)C2CCNCC2)n(-c2cc(C(F)(F)F)ccc2Cl)n1.Cl. The van der Waals surface area contributed by atoms with Crippen molar-refractivity contribution in [1.82, 2.24) is 15.1 Å². The molecule has 10 heteroatoms. The highest BCUT2D eigenvalue weighted by atomic mass is 35.5. The average molecular weight is 423 g/mol. The van der Waals surface area contributed by atoms with Gasteiger partial charge in [0.25, 0.3) is 0 Å². The summed E-state index contributed by atoms with van der Waals surface area (Å²) in [6, 6.07) is 4.62. The van der Waals surface area contributed by atoms with Crippen LogP contribution in [0.3, 0.4) is 0 Å². The van der Waals surface area contributed by atoms with Crippen molar-refractivity contribution in [3.8, 4) is 5.69 Å². The zero-order valence-electron chi connectivity index (χ0n) is 14.4. The number of aromatic nitrogens is 2. The number of benzene rings is 1. The Hall–Kier alpha value is -1.77. The molecule has 1 aromatic carbocycles. The molecule has 3 rings (SSSR count). The Morgan fingerprint density at radius 3 is 2.59 bits per heavy atom. The van der Waals surface area contributed by atoms with Crippen molar-refractivity contribution in [2.45, 2.75) is 25.9 Å². The van der Waals surface area contributed by atoms with E-state index in [9.17, 15) is 18.0 Å². The van der Waals surface area contributed by atoms with Crippen LogP contribution in [0.2, 0.25) is 5.02 Å². The molecule has 1 aromatic heterocycles. The summed E-state index contributed by atoms with van der Waals surface area (Å²) < 4.78 is 40.3. The maximum atomic E-state index is 13.0. The van der Waals surface area contributed by atoms with Gasteiger partial charge in [0.2, 0.25) is 5.91 Å². The summed E-state index contributed by atoms with van der Waals surface area (Å²) in [5, 5.41) is 10.3. The zero-order chi connectivity index (χ0) is 18.9. The number of hydrogen-bond acceptors (Lipinski definition) is 3. The first-order valence-electron chi connectivity index (χ1n) is 8.21. The van der Waals surface area contributed by atoms with Crippen LogP contribution in [0.1, 0.15) is 24.1 Å². The van der Waals surface area contributed by atoms with Crippen LogP contribution in [0.15, 0.2) is 24.3 Å². The monoisotopic (exact) mass is 422 g/mol. The lowest BCUT2D eigenvalue weighted by Gasteiger charge is -2.22. The highest BCUT2D eigenvalue weighted by Crippen LogP contribution is 2.34. The Kier molecular flexibility index (Phi) is 6.77. The molecule has 1 fully saturated rings. The molecular formula is C17H19Cl2F3N4O. The Morgan fingerprint density at radius 2 is 1.96 bits per heavy atom. The predicted molar refractivity (Wildman–Crippen MR) is 99.8 cm³/mol. The minimum Gasteiger partial charge on any atom is -0.317 e. The molecule has 0 unspecified atom stereocenters. The van der Waals surface area contributed by atoms with E-state index in [1.165, 1.54) is 10.7 Å². The van der Waals surface area contributed by atoms with Gasteiger partial charge in [-0.15, -0.1) is 12.4 Å². The predicted octanol–water partition coefficient (Wildman–Crippen LogP) is 4.21. The van der Waals surface area contributed by atoms with Crippen molar-refractivity contribution in [3.05, 3.63) is 40.5 Å². The smallest absolute Gasteiger partial charge is 0.317 e. The summed E-state index contributed by atoms with van der Waals surface area (Å²) >= 11 is 6.10. The fraction of sp³-hybridized carbons (Fsp3) is 0.412. The van der Waals surface area contributed by atoms with Crippen LogP contribution < -0.4 is 10.6 Å². The summed E-state index contributed by atoms with van der Waals surface area (Å²) in [6.07, 6.45) is -3.08. The van der Waals surface area contributed by atoms with Gasteiger partial charge in [0.1, 0.15) is 5.82 Å². The van der Waals surface area contributed by atoms with E-state index in [1.54, 1.807) is 13.0 Å². The van der Waals surface area contributed by atoms with Crippen molar-refractivity contribution in [2.24, 2.45) is 5.92 Å². The molecule has 0 spiro atoms. The summed E-state index contributed by atoms with van der Waals surface area (Å²) in [5.74, 6) is -0.0140. The molecule has 1 amide bonds. The minimum atomic E-state index is -4.50. The normalized spacial score (nSPS) is 15.3. The fourth-order valence-electron chi connectivity index (χ4n) is 2.94. The molecule has 1 aliphatic heterocycles. The van der Waals surface area contributed by atoms with Crippen LogP contribution in [0.5, 0.6) is 0 Å². The van der Waals surface area contributed by atoms with Crippen LogP contribution in [0.4, 0.5) is 19.0 Å². The molecule has 5 nitrogen and oxygen atoms in total. The van der Waals surface area contributed by atoms with Crippen LogP contribution in [-0.4, -0.2) is 28.8 Å². The number of aryl methyl sites for hydroxylation is 1. The van der Waals surface area contributed by atoms with Crippen molar-refractivity contribution in [3.63, 3.8) is 0 Å². The first-order valence-corrected chi connectivity index (χ1v) is 8.59. The molecule has 2 aromatic rings. The second-order valence-corrected chi connectivity index (χ2v) is 6.67. The van der Waals surface area contributed by atoms with E-state index in [4.69, 9.17) is 11.6 Å². The van der Waals surface area contributed by atoms with Crippen molar-refractivity contribution >= 4 is 35.7 Å². The van der Waals surface area contributed by atoms with Gasteiger partial charge in [-0.2, -0.15) is 18.3 Å². The number of anilines is 1. The number of halogens is 5. The first kappa shape index (κ1) is 21.5. The van der Waals surface area contributed by atoms with Gasteiger partial charge in [-0.1, -0.05) is 11.6 Å². The number of carbonyl (C=O) groups excluding carboxylic acids is 1. The van der Waals surface area contributed by atoms with E-state index in [0.29, 0.717) is 24.4 Å². The van der Waals surface area contributed by atoms with Crippen LogP contribution in [0, 0.1) is 12.8 Å². The quantitative estimate of drug-likeness (QED) is 0.778. The lowest BCUT2D eigenvalue weighted by Crippen LogP contribution is -2.35. The number of rotatable bonds is 3.